The standard InChI is InChI=1S/C28H25N3O4/c1-4-35-26(33)24-28(22-15-8-9-16-23(22)30(19(3)32)27(28)34)29-25(20-12-10-11-18(2)17-20)31(24)21-13-6-5-7-14-21/h5-17,24H,4H2,1-3H3. The molecule has 0 saturated heterocycles. The van der Waals surface area contributed by atoms with Gasteiger partial charge in [0.15, 0.2) is 6.04 Å². The van der Waals surface area contributed by atoms with Gasteiger partial charge in [-0.2, -0.15) is 0 Å². The number of amidine groups is 1. The number of amides is 2. The van der Waals surface area contributed by atoms with Gasteiger partial charge in [0.2, 0.25) is 11.4 Å². The summed E-state index contributed by atoms with van der Waals surface area (Å²) in [5, 5.41) is 0. The van der Waals surface area contributed by atoms with Gasteiger partial charge in [-0.05, 0) is 38.1 Å². The van der Waals surface area contributed by atoms with Crippen molar-refractivity contribution in [3.8, 4) is 0 Å². The molecule has 0 aromatic heterocycles. The molecular formula is C28H25N3O4. The first-order valence-electron chi connectivity index (χ1n) is 11.5. The van der Waals surface area contributed by atoms with E-state index in [1.165, 1.54) is 6.92 Å². The highest BCUT2D eigenvalue weighted by atomic mass is 16.5. The lowest BCUT2D eigenvalue weighted by atomic mass is 9.84. The number of carbonyl (C=O) groups is 3. The molecule has 7 heteroatoms. The molecule has 3 aromatic rings. The maximum absolute atomic E-state index is 14.1. The van der Waals surface area contributed by atoms with E-state index in [1.807, 2.05) is 61.5 Å². The monoisotopic (exact) mass is 467 g/mol. The van der Waals surface area contributed by atoms with Crippen LogP contribution in [0.25, 0.3) is 0 Å². The largest absolute Gasteiger partial charge is 0.464 e. The number of ether oxygens (including phenoxy) is 1. The van der Waals surface area contributed by atoms with Gasteiger partial charge < -0.3 is 9.64 Å². The fraction of sp³-hybridized carbons (Fsp3) is 0.214. The molecule has 1 spiro atoms. The van der Waals surface area contributed by atoms with E-state index in [1.54, 1.807) is 36.1 Å². The third-order valence-corrected chi connectivity index (χ3v) is 6.38. The highest BCUT2D eigenvalue weighted by Crippen LogP contribution is 2.51. The predicted octanol–water partition coefficient (Wildman–Crippen LogP) is 3.98. The molecule has 2 heterocycles. The lowest BCUT2D eigenvalue weighted by Crippen LogP contribution is -2.56. The number of para-hydroxylation sites is 2. The Kier molecular flexibility index (Phi) is 5.47. The van der Waals surface area contributed by atoms with E-state index in [-0.39, 0.29) is 6.61 Å². The number of fused-ring (bicyclic) bond motifs is 2. The summed E-state index contributed by atoms with van der Waals surface area (Å²) in [7, 11) is 0. The molecule has 35 heavy (non-hydrogen) atoms. The number of imide groups is 1. The van der Waals surface area contributed by atoms with Crippen molar-refractivity contribution >= 4 is 35.0 Å². The van der Waals surface area contributed by atoms with Crippen LogP contribution in [0.3, 0.4) is 0 Å². The number of hydrogen-bond donors (Lipinski definition) is 0. The Morgan fingerprint density at radius 3 is 2.40 bits per heavy atom. The van der Waals surface area contributed by atoms with E-state index in [4.69, 9.17) is 9.73 Å². The fourth-order valence-corrected chi connectivity index (χ4v) is 5.01. The minimum atomic E-state index is -1.68. The molecule has 7 nitrogen and oxygen atoms in total. The lowest BCUT2D eigenvalue weighted by Gasteiger charge is -2.33. The van der Waals surface area contributed by atoms with Crippen LogP contribution in [0, 0.1) is 6.92 Å². The SMILES string of the molecule is CCOC(=O)C1N(c2ccccc2)C(c2cccc(C)c2)=NC12C(=O)N(C(C)=O)c1ccccc12. The van der Waals surface area contributed by atoms with Gasteiger partial charge in [0.1, 0.15) is 5.84 Å². The summed E-state index contributed by atoms with van der Waals surface area (Å²) in [6, 6.07) is 23.0. The predicted molar refractivity (Wildman–Crippen MR) is 133 cm³/mol. The first-order chi connectivity index (χ1) is 16.9. The Bertz CT molecular complexity index is 1370. The van der Waals surface area contributed by atoms with Crippen molar-refractivity contribution in [1.82, 2.24) is 0 Å². The third kappa shape index (κ3) is 3.34. The molecule has 2 unspecified atom stereocenters. The van der Waals surface area contributed by atoms with Gasteiger partial charge in [-0.3, -0.25) is 9.59 Å². The molecule has 2 aliphatic heterocycles. The molecule has 5 rings (SSSR count). The van der Waals surface area contributed by atoms with Gasteiger partial charge in [-0.1, -0.05) is 60.2 Å². The van der Waals surface area contributed by atoms with Crippen LogP contribution in [-0.4, -0.2) is 36.3 Å². The summed E-state index contributed by atoms with van der Waals surface area (Å²) in [5.41, 5.74) is 1.71. The van der Waals surface area contributed by atoms with Gasteiger partial charge in [0.05, 0.1) is 12.3 Å². The second-order valence-corrected chi connectivity index (χ2v) is 8.61. The number of aliphatic imine (C=N–C) groups is 1. The van der Waals surface area contributed by atoms with Crippen LogP contribution in [0.2, 0.25) is 0 Å². The minimum Gasteiger partial charge on any atom is -0.464 e. The van der Waals surface area contributed by atoms with Crippen molar-refractivity contribution in [1.29, 1.82) is 0 Å². The van der Waals surface area contributed by atoms with Crippen molar-refractivity contribution in [2.75, 3.05) is 16.4 Å². The highest BCUT2D eigenvalue weighted by Gasteiger charge is 2.65. The van der Waals surface area contributed by atoms with Gasteiger partial charge in [0, 0.05) is 23.7 Å². The van der Waals surface area contributed by atoms with Gasteiger partial charge in [-0.15, -0.1) is 0 Å². The number of nitrogens with zero attached hydrogens (tertiary/aromatic N) is 3. The number of carbonyl (C=O) groups excluding carboxylic acids is 3. The zero-order valence-electron chi connectivity index (χ0n) is 19.8. The van der Waals surface area contributed by atoms with Crippen LogP contribution in [0.5, 0.6) is 0 Å². The summed E-state index contributed by atoms with van der Waals surface area (Å²) in [5.74, 6) is -1.12. The smallest absolute Gasteiger partial charge is 0.332 e. The molecule has 0 saturated carbocycles. The van der Waals surface area contributed by atoms with Crippen LogP contribution >= 0.6 is 0 Å². The molecule has 0 N–H and O–H groups in total. The summed E-state index contributed by atoms with van der Waals surface area (Å²) in [6.45, 7) is 5.17. The average molecular weight is 468 g/mol. The average Bonchev–Trinajstić information content (AvgIpc) is 3.34. The van der Waals surface area contributed by atoms with Crippen molar-refractivity contribution in [2.24, 2.45) is 4.99 Å². The van der Waals surface area contributed by atoms with E-state index in [0.29, 0.717) is 22.8 Å². The number of esters is 1. The van der Waals surface area contributed by atoms with E-state index < -0.39 is 29.4 Å². The Morgan fingerprint density at radius 1 is 1.00 bits per heavy atom. The molecule has 0 radical (unpaired) electrons. The maximum atomic E-state index is 14.1. The van der Waals surface area contributed by atoms with Crippen molar-refractivity contribution in [2.45, 2.75) is 32.4 Å². The molecule has 0 aliphatic carbocycles. The maximum Gasteiger partial charge on any atom is 0.332 e. The normalized spacial score (nSPS) is 20.7. The number of hydrogen-bond acceptors (Lipinski definition) is 6. The first-order valence-corrected chi connectivity index (χ1v) is 11.5. The number of aryl methyl sites for hydroxylation is 1. The van der Waals surface area contributed by atoms with Gasteiger partial charge in [0.25, 0.3) is 5.91 Å². The van der Waals surface area contributed by atoms with E-state index in [9.17, 15) is 14.4 Å². The highest BCUT2D eigenvalue weighted by molar-refractivity contribution is 6.28. The number of anilines is 2. The molecule has 3 aromatic carbocycles. The molecule has 2 aliphatic rings. The van der Waals surface area contributed by atoms with Crippen molar-refractivity contribution < 1.29 is 19.1 Å². The van der Waals surface area contributed by atoms with Crippen LogP contribution in [-0.2, 0) is 24.7 Å². The Balaban J connectivity index is 1.85. The van der Waals surface area contributed by atoms with Gasteiger partial charge >= 0.3 is 5.97 Å². The summed E-state index contributed by atoms with van der Waals surface area (Å²) >= 11 is 0. The second-order valence-electron chi connectivity index (χ2n) is 8.61. The lowest BCUT2D eigenvalue weighted by molar-refractivity contribution is -0.148. The zero-order valence-corrected chi connectivity index (χ0v) is 19.8. The topological polar surface area (TPSA) is 79.3 Å². The Labute approximate surface area is 203 Å². The summed E-state index contributed by atoms with van der Waals surface area (Å²) in [4.78, 5) is 48.4. The second kappa shape index (κ2) is 8.51. The Morgan fingerprint density at radius 2 is 1.71 bits per heavy atom. The van der Waals surface area contributed by atoms with Gasteiger partial charge in [-0.25, -0.2) is 14.7 Å². The molecule has 0 fully saturated rings. The van der Waals surface area contributed by atoms with Crippen LogP contribution in [0.15, 0.2) is 83.9 Å². The van der Waals surface area contributed by atoms with E-state index in [0.717, 1.165) is 16.0 Å². The molecular weight excluding hydrogens is 442 g/mol. The molecule has 2 amide bonds. The van der Waals surface area contributed by atoms with Crippen molar-refractivity contribution in [3.05, 3.63) is 95.6 Å². The Hall–Kier alpha value is -4.26. The van der Waals surface area contributed by atoms with Crippen LogP contribution < -0.4 is 9.80 Å². The summed E-state index contributed by atoms with van der Waals surface area (Å²) < 4.78 is 5.52. The fourth-order valence-electron chi connectivity index (χ4n) is 5.01. The molecule has 176 valence electrons. The third-order valence-electron chi connectivity index (χ3n) is 6.38. The zero-order chi connectivity index (χ0) is 24.7. The molecule has 2 atom stereocenters. The van der Waals surface area contributed by atoms with Crippen molar-refractivity contribution in [3.63, 3.8) is 0 Å². The molecule has 0 bridgehead atoms. The van der Waals surface area contributed by atoms with E-state index in [2.05, 4.69) is 0 Å². The number of rotatable bonds is 4. The minimum absolute atomic E-state index is 0.139. The quantitative estimate of drug-likeness (QED) is 0.543. The first kappa shape index (κ1) is 22.5. The van der Waals surface area contributed by atoms with E-state index >= 15 is 0 Å². The number of benzene rings is 3. The van der Waals surface area contributed by atoms with Crippen LogP contribution in [0.1, 0.15) is 30.5 Å². The summed E-state index contributed by atoms with van der Waals surface area (Å²) in [6.07, 6.45) is 0. The van der Waals surface area contributed by atoms with Crippen LogP contribution in [0.4, 0.5) is 11.4 Å².